The quantitative estimate of drug-likeness (QED) is 0.504. The van der Waals surface area contributed by atoms with Gasteiger partial charge in [-0.15, -0.1) is 0 Å². The topological polar surface area (TPSA) is 117 Å². The summed E-state index contributed by atoms with van der Waals surface area (Å²) in [6.45, 7) is 6.50. The molecule has 0 saturated heterocycles. The van der Waals surface area contributed by atoms with Gasteiger partial charge in [-0.05, 0) is 37.8 Å². The first-order valence-electron chi connectivity index (χ1n) is 11.1. The van der Waals surface area contributed by atoms with Crippen molar-refractivity contribution in [3.63, 3.8) is 0 Å². The Morgan fingerprint density at radius 1 is 1.22 bits per heavy atom. The molecule has 0 spiro atoms. The van der Waals surface area contributed by atoms with Crippen molar-refractivity contribution >= 4 is 29.3 Å². The number of amides is 2. The lowest BCUT2D eigenvalue weighted by Gasteiger charge is -2.38. The Labute approximate surface area is 188 Å². The van der Waals surface area contributed by atoms with E-state index in [0.29, 0.717) is 29.1 Å². The molecular weight excluding hydrogens is 412 g/mol. The Morgan fingerprint density at radius 2 is 1.97 bits per heavy atom. The largest absolute Gasteiger partial charge is 0.482 e. The van der Waals surface area contributed by atoms with Gasteiger partial charge in [0.15, 0.2) is 6.61 Å². The van der Waals surface area contributed by atoms with Crippen LogP contribution in [-0.2, 0) is 4.79 Å². The smallest absolute Gasteiger partial charge is 0.341 e. The highest BCUT2D eigenvalue weighted by atomic mass is 16.5. The number of aromatic nitrogens is 1. The normalized spacial score (nSPS) is 14.2. The number of anilines is 3. The Kier molecular flexibility index (Phi) is 7.97. The summed E-state index contributed by atoms with van der Waals surface area (Å²) in [5.41, 5.74) is 2.09. The monoisotopic (exact) mass is 444 g/mol. The van der Waals surface area contributed by atoms with Gasteiger partial charge in [0, 0.05) is 24.7 Å². The minimum atomic E-state index is -1.06. The SMILES string of the molecule is Cc1cc(NC(=O)Nc2cc(OCC(=O)O)ccc2N(CC(C)C)C2CCCCC2)on1. The Hall–Kier alpha value is -3.23. The maximum atomic E-state index is 12.7. The minimum Gasteiger partial charge on any atom is -0.482 e. The van der Waals surface area contributed by atoms with Crippen LogP contribution in [0.15, 0.2) is 28.8 Å². The molecule has 1 saturated carbocycles. The van der Waals surface area contributed by atoms with E-state index < -0.39 is 18.6 Å². The third-order valence-electron chi connectivity index (χ3n) is 5.33. The Morgan fingerprint density at radius 3 is 2.59 bits per heavy atom. The number of benzene rings is 1. The second kappa shape index (κ2) is 10.9. The first kappa shape index (κ1) is 23.4. The molecule has 32 heavy (non-hydrogen) atoms. The van der Waals surface area contributed by atoms with Gasteiger partial charge in [0.05, 0.1) is 17.1 Å². The van der Waals surface area contributed by atoms with E-state index in [-0.39, 0.29) is 5.88 Å². The number of aryl methyl sites for hydroxylation is 1. The van der Waals surface area contributed by atoms with Crippen LogP contribution in [-0.4, -0.2) is 41.5 Å². The second-order valence-electron chi connectivity index (χ2n) is 8.61. The number of nitrogens with one attached hydrogen (secondary N) is 2. The van der Waals surface area contributed by atoms with E-state index in [1.807, 2.05) is 6.07 Å². The number of carbonyl (C=O) groups is 2. The van der Waals surface area contributed by atoms with Gasteiger partial charge in [-0.3, -0.25) is 5.32 Å². The van der Waals surface area contributed by atoms with E-state index in [9.17, 15) is 9.59 Å². The summed E-state index contributed by atoms with van der Waals surface area (Å²) < 4.78 is 10.4. The third-order valence-corrected chi connectivity index (χ3v) is 5.33. The predicted molar refractivity (Wildman–Crippen MR) is 123 cm³/mol. The summed E-state index contributed by atoms with van der Waals surface area (Å²) in [6, 6.07) is 6.84. The van der Waals surface area contributed by atoms with Crippen molar-refractivity contribution in [1.29, 1.82) is 0 Å². The molecule has 9 heteroatoms. The van der Waals surface area contributed by atoms with Crippen molar-refractivity contribution in [3.8, 4) is 5.75 Å². The van der Waals surface area contributed by atoms with E-state index in [2.05, 4.69) is 34.5 Å². The van der Waals surface area contributed by atoms with Crippen LogP contribution in [0, 0.1) is 12.8 Å². The van der Waals surface area contributed by atoms with Gasteiger partial charge in [0.2, 0.25) is 5.88 Å². The van der Waals surface area contributed by atoms with Crippen LogP contribution in [0.1, 0.15) is 51.6 Å². The van der Waals surface area contributed by atoms with E-state index in [1.165, 1.54) is 19.3 Å². The van der Waals surface area contributed by atoms with Gasteiger partial charge >= 0.3 is 12.0 Å². The fraction of sp³-hybridized carbons (Fsp3) is 0.522. The molecule has 2 amide bonds. The highest BCUT2D eigenvalue weighted by Crippen LogP contribution is 2.36. The van der Waals surface area contributed by atoms with Crippen molar-refractivity contribution in [1.82, 2.24) is 5.16 Å². The first-order valence-corrected chi connectivity index (χ1v) is 11.1. The highest BCUT2D eigenvalue weighted by Gasteiger charge is 2.25. The van der Waals surface area contributed by atoms with Gasteiger partial charge < -0.3 is 24.6 Å². The van der Waals surface area contributed by atoms with Gasteiger partial charge in [0.1, 0.15) is 5.75 Å². The lowest BCUT2D eigenvalue weighted by Crippen LogP contribution is -2.40. The zero-order chi connectivity index (χ0) is 23.1. The summed E-state index contributed by atoms with van der Waals surface area (Å²) in [7, 11) is 0. The van der Waals surface area contributed by atoms with Crippen LogP contribution < -0.4 is 20.3 Å². The van der Waals surface area contributed by atoms with Crippen molar-refractivity contribution in [2.75, 3.05) is 28.7 Å². The van der Waals surface area contributed by atoms with E-state index in [4.69, 9.17) is 14.4 Å². The van der Waals surface area contributed by atoms with Crippen LogP contribution >= 0.6 is 0 Å². The molecule has 0 bridgehead atoms. The molecule has 0 radical (unpaired) electrons. The standard InChI is InChI=1S/C23H32N4O5/c1-15(2)13-27(17-7-5-4-6-8-17)20-10-9-18(31-14-22(28)29)12-19(20)24-23(30)25-21-11-16(3)26-32-21/h9-12,15,17H,4-8,13-14H2,1-3H3,(H,28,29)(H2,24,25,30). The second-order valence-corrected chi connectivity index (χ2v) is 8.61. The molecule has 0 atom stereocenters. The molecule has 9 nitrogen and oxygen atoms in total. The average molecular weight is 445 g/mol. The summed E-state index contributed by atoms with van der Waals surface area (Å²) >= 11 is 0. The lowest BCUT2D eigenvalue weighted by molar-refractivity contribution is -0.139. The third kappa shape index (κ3) is 6.63. The van der Waals surface area contributed by atoms with Crippen molar-refractivity contribution in [2.24, 2.45) is 5.92 Å². The number of carbonyl (C=O) groups excluding carboxylic acids is 1. The summed E-state index contributed by atoms with van der Waals surface area (Å²) in [5, 5.41) is 18.2. The number of hydrogen-bond acceptors (Lipinski definition) is 6. The summed E-state index contributed by atoms with van der Waals surface area (Å²) in [6.07, 6.45) is 5.83. The molecule has 1 aliphatic carbocycles. The molecule has 0 aliphatic heterocycles. The van der Waals surface area contributed by atoms with Gasteiger partial charge in [-0.1, -0.05) is 38.3 Å². The zero-order valence-electron chi connectivity index (χ0n) is 18.9. The van der Waals surface area contributed by atoms with Crippen molar-refractivity contribution in [3.05, 3.63) is 30.0 Å². The number of aliphatic carboxylic acids is 1. The number of urea groups is 1. The molecule has 3 rings (SSSR count). The Balaban J connectivity index is 1.89. The van der Waals surface area contributed by atoms with Gasteiger partial charge in [-0.25, -0.2) is 9.59 Å². The molecule has 1 heterocycles. The molecule has 0 unspecified atom stereocenters. The van der Waals surface area contributed by atoms with Crippen LogP contribution in [0.5, 0.6) is 5.75 Å². The number of ether oxygens (including phenoxy) is 1. The fourth-order valence-electron chi connectivity index (χ4n) is 4.02. The van der Waals surface area contributed by atoms with Crippen LogP contribution in [0.2, 0.25) is 0 Å². The molecule has 1 aromatic carbocycles. The zero-order valence-corrected chi connectivity index (χ0v) is 18.9. The molecule has 1 aromatic heterocycles. The molecule has 3 N–H and O–H groups in total. The van der Waals surface area contributed by atoms with E-state index >= 15 is 0 Å². The fourth-order valence-corrected chi connectivity index (χ4v) is 4.02. The maximum absolute atomic E-state index is 12.7. The number of carboxylic acids is 1. The molecule has 1 aliphatic rings. The summed E-state index contributed by atoms with van der Waals surface area (Å²) in [5.74, 6) is -0.0226. The predicted octanol–water partition coefficient (Wildman–Crippen LogP) is 4.89. The summed E-state index contributed by atoms with van der Waals surface area (Å²) in [4.78, 5) is 26.0. The van der Waals surface area contributed by atoms with Crippen molar-refractivity contribution in [2.45, 2.75) is 58.9 Å². The number of nitrogens with zero attached hydrogens (tertiary/aromatic N) is 2. The van der Waals surface area contributed by atoms with Gasteiger partial charge in [0.25, 0.3) is 0 Å². The molecular formula is C23H32N4O5. The van der Waals surface area contributed by atoms with Crippen LogP contribution in [0.4, 0.5) is 22.1 Å². The molecule has 2 aromatic rings. The van der Waals surface area contributed by atoms with E-state index in [0.717, 1.165) is 25.1 Å². The maximum Gasteiger partial charge on any atom is 0.341 e. The lowest BCUT2D eigenvalue weighted by atomic mass is 9.93. The number of rotatable bonds is 9. The van der Waals surface area contributed by atoms with Crippen LogP contribution in [0.3, 0.4) is 0 Å². The molecule has 1 fully saturated rings. The highest BCUT2D eigenvalue weighted by molar-refractivity contribution is 6.01. The van der Waals surface area contributed by atoms with Gasteiger partial charge in [-0.2, -0.15) is 0 Å². The number of hydrogen-bond donors (Lipinski definition) is 3. The van der Waals surface area contributed by atoms with E-state index in [1.54, 1.807) is 25.1 Å². The molecule has 174 valence electrons. The average Bonchev–Trinajstić information content (AvgIpc) is 3.15. The minimum absolute atomic E-state index is 0.242. The van der Waals surface area contributed by atoms with Crippen molar-refractivity contribution < 1.29 is 24.0 Å². The number of carboxylic acid groups (broad SMARTS) is 1. The van der Waals surface area contributed by atoms with Crippen LogP contribution in [0.25, 0.3) is 0 Å². The Bertz CT molecular complexity index is 921. The first-order chi connectivity index (χ1) is 15.3.